The highest BCUT2D eigenvalue weighted by molar-refractivity contribution is 4.80. The van der Waals surface area contributed by atoms with Gasteiger partial charge in [-0.15, -0.1) is 0 Å². The maximum absolute atomic E-state index is 5.68. The molecule has 1 saturated carbocycles. The Kier molecular flexibility index (Phi) is 6.22. The van der Waals surface area contributed by atoms with E-state index in [0.717, 1.165) is 39.1 Å². The molecule has 0 aromatic carbocycles. The molecule has 0 bridgehead atoms. The summed E-state index contributed by atoms with van der Waals surface area (Å²) in [6.07, 6.45) is 4.01. The van der Waals surface area contributed by atoms with E-state index in [2.05, 4.69) is 0 Å². The van der Waals surface area contributed by atoms with Gasteiger partial charge in [-0.25, -0.2) is 0 Å². The molecule has 0 heterocycles. The van der Waals surface area contributed by atoms with Crippen LogP contribution in [0.1, 0.15) is 40.0 Å². The molecule has 0 aromatic rings. The van der Waals surface area contributed by atoms with Gasteiger partial charge in [0.25, 0.3) is 0 Å². The monoisotopic (exact) mass is 216 g/mol. The Morgan fingerprint density at radius 2 is 0.933 bits per heavy atom. The molecule has 0 unspecified atom stereocenters. The quantitative estimate of drug-likeness (QED) is 0.682. The van der Waals surface area contributed by atoms with E-state index in [4.69, 9.17) is 14.2 Å². The van der Waals surface area contributed by atoms with Crippen LogP contribution < -0.4 is 0 Å². The van der Waals surface area contributed by atoms with E-state index in [0.29, 0.717) is 18.3 Å². The Hall–Kier alpha value is -0.120. The topological polar surface area (TPSA) is 27.7 Å². The SMILES string of the molecule is CCOC1CC(OCC)CC(OCC)C1. The number of ether oxygens (including phenoxy) is 3. The predicted octanol–water partition coefficient (Wildman–Crippen LogP) is 2.39. The second kappa shape index (κ2) is 7.20. The van der Waals surface area contributed by atoms with Gasteiger partial charge in [0.15, 0.2) is 0 Å². The van der Waals surface area contributed by atoms with Gasteiger partial charge in [0.05, 0.1) is 18.3 Å². The third-order valence-electron chi connectivity index (χ3n) is 2.78. The molecule has 0 radical (unpaired) electrons. The van der Waals surface area contributed by atoms with Crippen molar-refractivity contribution in [3.05, 3.63) is 0 Å². The van der Waals surface area contributed by atoms with Gasteiger partial charge in [-0.05, 0) is 40.0 Å². The molecule has 0 aromatic heterocycles. The summed E-state index contributed by atoms with van der Waals surface area (Å²) < 4.78 is 17.0. The van der Waals surface area contributed by atoms with Gasteiger partial charge in [-0.1, -0.05) is 0 Å². The van der Waals surface area contributed by atoms with Gasteiger partial charge in [-0.3, -0.25) is 0 Å². The van der Waals surface area contributed by atoms with Crippen LogP contribution in [-0.2, 0) is 14.2 Å². The third-order valence-corrected chi connectivity index (χ3v) is 2.78. The van der Waals surface area contributed by atoms with E-state index in [1.165, 1.54) is 0 Å². The lowest BCUT2D eigenvalue weighted by atomic mass is 9.92. The van der Waals surface area contributed by atoms with Crippen LogP contribution in [0.2, 0.25) is 0 Å². The summed E-state index contributed by atoms with van der Waals surface area (Å²) in [5.74, 6) is 0. The first-order chi connectivity index (χ1) is 7.30. The fraction of sp³-hybridized carbons (Fsp3) is 1.00. The van der Waals surface area contributed by atoms with Gasteiger partial charge < -0.3 is 14.2 Å². The molecule has 0 spiro atoms. The zero-order chi connectivity index (χ0) is 11.1. The molecule has 0 amide bonds. The molecular weight excluding hydrogens is 192 g/mol. The van der Waals surface area contributed by atoms with Gasteiger partial charge in [0.2, 0.25) is 0 Å². The zero-order valence-electron chi connectivity index (χ0n) is 10.2. The van der Waals surface area contributed by atoms with Crippen LogP contribution in [0.5, 0.6) is 0 Å². The molecule has 1 rings (SSSR count). The molecule has 1 fully saturated rings. The van der Waals surface area contributed by atoms with Crippen molar-refractivity contribution >= 4 is 0 Å². The Bertz CT molecular complexity index is 126. The molecule has 15 heavy (non-hydrogen) atoms. The van der Waals surface area contributed by atoms with E-state index in [9.17, 15) is 0 Å². The minimum absolute atomic E-state index is 0.317. The Morgan fingerprint density at radius 3 is 1.13 bits per heavy atom. The zero-order valence-corrected chi connectivity index (χ0v) is 10.2. The molecule has 1 aliphatic rings. The number of hydrogen-bond donors (Lipinski definition) is 0. The van der Waals surface area contributed by atoms with Crippen LogP contribution in [0, 0.1) is 0 Å². The van der Waals surface area contributed by atoms with Gasteiger partial charge >= 0.3 is 0 Å². The lowest BCUT2D eigenvalue weighted by molar-refractivity contribution is -0.0951. The fourth-order valence-corrected chi connectivity index (χ4v) is 2.28. The minimum Gasteiger partial charge on any atom is -0.378 e. The molecule has 3 heteroatoms. The normalized spacial score (nSPS) is 31.8. The second-order valence-electron chi connectivity index (χ2n) is 3.94. The van der Waals surface area contributed by atoms with Crippen LogP contribution in [0.25, 0.3) is 0 Å². The van der Waals surface area contributed by atoms with E-state index < -0.39 is 0 Å². The maximum atomic E-state index is 5.68. The Balaban J connectivity index is 2.40. The highest BCUT2D eigenvalue weighted by atomic mass is 16.5. The lowest BCUT2D eigenvalue weighted by Gasteiger charge is -2.34. The Labute approximate surface area is 93.1 Å². The first-order valence-corrected chi connectivity index (χ1v) is 6.14. The summed E-state index contributed by atoms with van der Waals surface area (Å²) in [6.45, 7) is 8.47. The predicted molar refractivity (Wildman–Crippen MR) is 60.1 cm³/mol. The summed E-state index contributed by atoms with van der Waals surface area (Å²) in [6, 6.07) is 0. The van der Waals surface area contributed by atoms with Crippen LogP contribution in [0.3, 0.4) is 0 Å². The van der Waals surface area contributed by atoms with Crippen molar-refractivity contribution < 1.29 is 14.2 Å². The van der Waals surface area contributed by atoms with Crippen molar-refractivity contribution in [2.24, 2.45) is 0 Å². The molecule has 0 aliphatic heterocycles. The minimum atomic E-state index is 0.317. The molecule has 0 saturated heterocycles. The summed E-state index contributed by atoms with van der Waals surface area (Å²) >= 11 is 0. The van der Waals surface area contributed by atoms with Crippen molar-refractivity contribution in [2.45, 2.75) is 58.3 Å². The fourth-order valence-electron chi connectivity index (χ4n) is 2.28. The van der Waals surface area contributed by atoms with Gasteiger partial charge in [0.1, 0.15) is 0 Å². The van der Waals surface area contributed by atoms with Gasteiger partial charge in [0, 0.05) is 19.8 Å². The van der Waals surface area contributed by atoms with Crippen molar-refractivity contribution in [2.75, 3.05) is 19.8 Å². The number of rotatable bonds is 6. The van der Waals surface area contributed by atoms with Crippen LogP contribution in [0.15, 0.2) is 0 Å². The first kappa shape index (κ1) is 12.9. The van der Waals surface area contributed by atoms with E-state index in [1.54, 1.807) is 0 Å². The summed E-state index contributed by atoms with van der Waals surface area (Å²) in [7, 11) is 0. The second-order valence-corrected chi connectivity index (χ2v) is 3.94. The molecule has 1 aliphatic carbocycles. The highest BCUT2D eigenvalue weighted by Crippen LogP contribution is 2.26. The Morgan fingerprint density at radius 1 is 0.667 bits per heavy atom. The molecule has 3 nitrogen and oxygen atoms in total. The van der Waals surface area contributed by atoms with Crippen molar-refractivity contribution in [1.82, 2.24) is 0 Å². The lowest BCUT2D eigenvalue weighted by Crippen LogP contribution is -2.37. The van der Waals surface area contributed by atoms with Gasteiger partial charge in [-0.2, -0.15) is 0 Å². The largest absolute Gasteiger partial charge is 0.378 e. The average Bonchev–Trinajstić information content (AvgIpc) is 2.19. The van der Waals surface area contributed by atoms with Crippen molar-refractivity contribution in [3.63, 3.8) is 0 Å². The van der Waals surface area contributed by atoms with E-state index in [-0.39, 0.29) is 0 Å². The highest BCUT2D eigenvalue weighted by Gasteiger charge is 2.29. The summed E-state index contributed by atoms with van der Waals surface area (Å²) in [4.78, 5) is 0. The maximum Gasteiger partial charge on any atom is 0.0624 e. The van der Waals surface area contributed by atoms with Crippen LogP contribution in [0.4, 0.5) is 0 Å². The van der Waals surface area contributed by atoms with Crippen molar-refractivity contribution in [3.8, 4) is 0 Å². The third kappa shape index (κ3) is 4.49. The van der Waals surface area contributed by atoms with Crippen molar-refractivity contribution in [1.29, 1.82) is 0 Å². The smallest absolute Gasteiger partial charge is 0.0624 e. The van der Waals surface area contributed by atoms with Crippen LogP contribution >= 0.6 is 0 Å². The molecule has 90 valence electrons. The average molecular weight is 216 g/mol. The van der Waals surface area contributed by atoms with E-state index in [1.807, 2.05) is 20.8 Å². The van der Waals surface area contributed by atoms with E-state index >= 15 is 0 Å². The standard InChI is InChI=1S/C12H24O3/c1-4-13-10-7-11(14-5-2)9-12(8-10)15-6-3/h10-12H,4-9H2,1-3H3. The van der Waals surface area contributed by atoms with Crippen LogP contribution in [-0.4, -0.2) is 38.1 Å². The number of hydrogen-bond acceptors (Lipinski definition) is 3. The molecule has 0 N–H and O–H groups in total. The molecule has 0 atom stereocenters. The first-order valence-electron chi connectivity index (χ1n) is 6.14. The summed E-state index contributed by atoms with van der Waals surface area (Å²) in [5.41, 5.74) is 0. The summed E-state index contributed by atoms with van der Waals surface area (Å²) in [5, 5.41) is 0. The molecular formula is C12H24O3.